The summed E-state index contributed by atoms with van der Waals surface area (Å²) in [7, 11) is 2.91. The van der Waals surface area contributed by atoms with Crippen LogP contribution in [-0.4, -0.2) is 36.0 Å². The maximum Gasteiger partial charge on any atom is 0.331 e. The molecular formula is C17H16FNO4. The van der Waals surface area contributed by atoms with Gasteiger partial charge in [0.05, 0.1) is 7.11 Å². The Kier molecular flexibility index (Phi) is 4.95. The fraction of sp³-hybridized carbons (Fsp3) is 0.176. The summed E-state index contributed by atoms with van der Waals surface area (Å²) in [6, 6.07) is 10.2. The lowest BCUT2D eigenvalue weighted by atomic mass is 10.0. The van der Waals surface area contributed by atoms with Gasteiger partial charge in [-0.1, -0.05) is 12.1 Å². The van der Waals surface area contributed by atoms with Gasteiger partial charge >= 0.3 is 5.97 Å². The van der Waals surface area contributed by atoms with E-state index in [-0.39, 0.29) is 5.56 Å². The molecule has 0 aromatic heterocycles. The van der Waals surface area contributed by atoms with E-state index in [1.165, 1.54) is 26.3 Å². The van der Waals surface area contributed by atoms with Crippen molar-refractivity contribution in [3.05, 3.63) is 65.5 Å². The number of ether oxygens (including phenoxy) is 1. The summed E-state index contributed by atoms with van der Waals surface area (Å²) < 4.78 is 18.0. The number of carbonyl (C=O) groups excluding carboxylic acids is 1. The van der Waals surface area contributed by atoms with E-state index >= 15 is 0 Å². The maximum absolute atomic E-state index is 12.9. The van der Waals surface area contributed by atoms with Crippen molar-refractivity contribution in [3.8, 4) is 5.75 Å². The molecule has 0 aliphatic carbocycles. The zero-order chi connectivity index (χ0) is 17.0. The molecule has 120 valence electrons. The number of methoxy groups -OCH3 is 1. The summed E-state index contributed by atoms with van der Waals surface area (Å²) in [6.07, 6.45) is 0. The van der Waals surface area contributed by atoms with Crippen molar-refractivity contribution in [2.24, 2.45) is 0 Å². The summed E-state index contributed by atoms with van der Waals surface area (Å²) >= 11 is 0. The average molecular weight is 317 g/mol. The van der Waals surface area contributed by atoms with Crippen molar-refractivity contribution in [3.63, 3.8) is 0 Å². The van der Waals surface area contributed by atoms with Gasteiger partial charge in [-0.3, -0.25) is 4.79 Å². The Morgan fingerprint density at radius 3 is 2.13 bits per heavy atom. The van der Waals surface area contributed by atoms with Gasteiger partial charge in [0, 0.05) is 12.6 Å². The molecule has 0 aliphatic rings. The van der Waals surface area contributed by atoms with Crippen molar-refractivity contribution in [1.82, 2.24) is 4.90 Å². The molecule has 0 saturated heterocycles. The molecule has 2 aromatic rings. The van der Waals surface area contributed by atoms with Gasteiger partial charge in [0.15, 0.2) is 6.04 Å². The number of nitrogens with zero attached hydrogens (tertiary/aromatic N) is 1. The van der Waals surface area contributed by atoms with E-state index in [2.05, 4.69) is 0 Å². The normalized spacial score (nSPS) is 11.6. The van der Waals surface area contributed by atoms with Crippen LogP contribution in [-0.2, 0) is 4.79 Å². The number of likely N-dealkylation sites (N-methyl/N-ethyl adjacent to an activating group) is 1. The van der Waals surface area contributed by atoms with Crippen LogP contribution >= 0.6 is 0 Å². The van der Waals surface area contributed by atoms with Gasteiger partial charge in [-0.05, 0) is 42.0 Å². The molecular weight excluding hydrogens is 301 g/mol. The maximum atomic E-state index is 12.9. The topological polar surface area (TPSA) is 66.8 Å². The predicted molar refractivity (Wildman–Crippen MR) is 81.9 cm³/mol. The molecule has 1 unspecified atom stereocenters. The van der Waals surface area contributed by atoms with Crippen LogP contribution in [0.4, 0.5) is 4.39 Å². The number of hydrogen-bond acceptors (Lipinski definition) is 3. The molecule has 1 atom stereocenters. The second-order valence-electron chi connectivity index (χ2n) is 4.94. The number of carboxylic acid groups (broad SMARTS) is 1. The number of amides is 1. The van der Waals surface area contributed by atoms with Gasteiger partial charge in [-0.15, -0.1) is 0 Å². The second-order valence-corrected chi connectivity index (χ2v) is 4.94. The summed E-state index contributed by atoms with van der Waals surface area (Å²) in [5.41, 5.74) is 0.657. The molecule has 6 heteroatoms. The van der Waals surface area contributed by atoms with Crippen LogP contribution in [0.25, 0.3) is 0 Å². The third-order valence-electron chi connectivity index (χ3n) is 3.46. The van der Waals surface area contributed by atoms with Crippen molar-refractivity contribution >= 4 is 11.9 Å². The fourth-order valence-electron chi connectivity index (χ4n) is 2.23. The lowest BCUT2D eigenvalue weighted by molar-refractivity contribution is -0.142. The molecule has 2 rings (SSSR count). The highest BCUT2D eigenvalue weighted by molar-refractivity contribution is 5.96. The molecule has 0 fully saturated rings. The van der Waals surface area contributed by atoms with E-state index in [0.717, 1.165) is 17.0 Å². The quantitative estimate of drug-likeness (QED) is 0.921. The van der Waals surface area contributed by atoms with E-state index in [1.807, 2.05) is 0 Å². The first-order valence-electron chi connectivity index (χ1n) is 6.83. The van der Waals surface area contributed by atoms with Crippen LogP contribution < -0.4 is 4.74 Å². The lowest BCUT2D eigenvalue weighted by Crippen LogP contribution is -2.35. The molecule has 0 saturated carbocycles. The average Bonchev–Trinajstić information content (AvgIpc) is 2.55. The number of aliphatic carboxylic acids is 1. The monoisotopic (exact) mass is 317 g/mol. The summed E-state index contributed by atoms with van der Waals surface area (Å²) in [4.78, 5) is 25.1. The Morgan fingerprint density at radius 1 is 1.09 bits per heavy atom. The number of rotatable bonds is 5. The van der Waals surface area contributed by atoms with E-state index < -0.39 is 23.7 Å². The second kappa shape index (κ2) is 6.91. The number of hydrogen-bond donors (Lipinski definition) is 1. The molecule has 1 amide bonds. The number of halogens is 1. The van der Waals surface area contributed by atoms with E-state index in [9.17, 15) is 19.1 Å². The Balaban J connectivity index is 2.30. The van der Waals surface area contributed by atoms with Crippen LogP contribution in [0.15, 0.2) is 48.5 Å². The van der Waals surface area contributed by atoms with Crippen LogP contribution in [0.2, 0.25) is 0 Å². The Labute approximate surface area is 132 Å². The molecule has 5 nitrogen and oxygen atoms in total. The van der Waals surface area contributed by atoms with Crippen molar-refractivity contribution in [2.75, 3.05) is 14.2 Å². The first-order valence-corrected chi connectivity index (χ1v) is 6.83. The van der Waals surface area contributed by atoms with Gasteiger partial charge < -0.3 is 14.7 Å². The highest BCUT2D eigenvalue weighted by atomic mass is 19.1. The number of benzene rings is 2. The molecule has 1 N–H and O–H groups in total. The SMILES string of the molecule is COc1ccc(C(C(=O)O)N(C)C(=O)c2ccc(F)cc2)cc1. The van der Waals surface area contributed by atoms with Crippen molar-refractivity contribution < 1.29 is 23.8 Å². The van der Waals surface area contributed by atoms with Gasteiger partial charge in [0.25, 0.3) is 5.91 Å². The Morgan fingerprint density at radius 2 is 1.65 bits per heavy atom. The number of carboxylic acids is 1. The molecule has 23 heavy (non-hydrogen) atoms. The van der Waals surface area contributed by atoms with Crippen molar-refractivity contribution in [1.29, 1.82) is 0 Å². The number of carbonyl (C=O) groups is 2. The minimum atomic E-state index is -1.16. The highest BCUT2D eigenvalue weighted by Crippen LogP contribution is 2.24. The minimum absolute atomic E-state index is 0.216. The third kappa shape index (κ3) is 3.66. The van der Waals surface area contributed by atoms with Crippen LogP contribution in [0.3, 0.4) is 0 Å². The van der Waals surface area contributed by atoms with E-state index in [0.29, 0.717) is 11.3 Å². The highest BCUT2D eigenvalue weighted by Gasteiger charge is 2.29. The molecule has 0 bridgehead atoms. The third-order valence-corrected chi connectivity index (χ3v) is 3.46. The van der Waals surface area contributed by atoms with Gasteiger partial charge in [-0.25, -0.2) is 9.18 Å². The van der Waals surface area contributed by atoms with Crippen molar-refractivity contribution in [2.45, 2.75) is 6.04 Å². The van der Waals surface area contributed by atoms with E-state index in [4.69, 9.17) is 4.74 Å². The zero-order valence-corrected chi connectivity index (χ0v) is 12.7. The largest absolute Gasteiger partial charge is 0.497 e. The zero-order valence-electron chi connectivity index (χ0n) is 12.7. The van der Waals surface area contributed by atoms with Gasteiger partial charge in [0.2, 0.25) is 0 Å². The lowest BCUT2D eigenvalue weighted by Gasteiger charge is -2.25. The fourth-order valence-corrected chi connectivity index (χ4v) is 2.23. The van der Waals surface area contributed by atoms with Gasteiger partial charge in [0.1, 0.15) is 11.6 Å². The van der Waals surface area contributed by atoms with Crippen LogP contribution in [0, 0.1) is 5.82 Å². The molecule has 0 radical (unpaired) electrons. The van der Waals surface area contributed by atoms with Crippen LogP contribution in [0.5, 0.6) is 5.75 Å². The summed E-state index contributed by atoms with van der Waals surface area (Å²) in [6.45, 7) is 0. The van der Waals surface area contributed by atoms with E-state index in [1.54, 1.807) is 24.3 Å². The standard InChI is InChI=1S/C17H16FNO4/c1-19(16(20)12-3-7-13(18)8-4-12)15(17(21)22)11-5-9-14(23-2)10-6-11/h3-10,15H,1-2H3,(H,21,22). The smallest absolute Gasteiger partial charge is 0.331 e. The summed E-state index contributed by atoms with van der Waals surface area (Å²) in [5, 5.41) is 9.48. The minimum Gasteiger partial charge on any atom is -0.497 e. The summed E-state index contributed by atoms with van der Waals surface area (Å²) in [5.74, 6) is -1.54. The van der Waals surface area contributed by atoms with Gasteiger partial charge in [-0.2, -0.15) is 0 Å². The molecule has 0 spiro atoms. The van der Waals surface area contributed by atoms with Crippen LogP contribution in [0.1, 0.15) is 22.0 Å². The Hall–Kier alpha value is -2.89. The first kappa shape index (κ1) is 16.5. The molecule has 0 aliphatic heterocycles. The Bertz CT molecular complexity index is 698. The first-order chi connectivity index (χ1) is 10.9. The predicted octanol–water partition coefficient (Wildman–Crippen LogP) is 2.73. The molecule has 2 aromatic carbocycles. The molecule has 0 heterocycles.